The summed E-state index contributed by atoms with van der Waals surface area (Å²) < 4.78 is 7.23. The second kappa shape index (κ2) is 7.85. The SMILES string of the molecule is Cc1ccc(C(=O)[C@@H]2Oc3ccc(Br)cc3[C@H]3CC(c4ccc5ccccc5c4)=NN32)cc1. The molecular weight excluding hydrogens is 476 g/mol. The molecule has 0 unspecified atom stereocenters. The highest BCUT2D eigenvalue weighted by Crippen LogP contribution is 2.44. The first-order chi connectivity index (χ1) is 16.1. The third kappa shape index (κ3) is 3.53. The largest absolute Gasteiger partial charge is 0.461 e. The summed E-state index contributed by atoms with van der Waals surface area (Å²) in [6.45, 7) is 2.01. The molecule has 5 heteroatoms. The van der Waals surface area contributed by atoms with Gasteiger partial charge in [0.15, 0.2) is 0 Å². The van der Waals surface area contributed by atoms with Crippen molar-refractivity contribution in [2.24, 2.45) is 5.10 Å². The highest BCUT2D eigenvalue weighted by Gasteiger charge is 2.43. The van der Waals surface area contributed by atoms with Gasteiger partial charge in [-0.1, -0.05) is 82.2 Å². The number of hydrogen-bond donors (Lipinski definition) is 0. The van der Waals surface area contributed by atoms with E-state index in [4.69, 9.17) is 9.84 Å². The molecule has 0 bridgehead atoms. The maximum atomic E-state index is 13.5. The summed E-state index contributed by atoms with van der Waals surface area (Å²) in [7, 11) is 0. The van der Waals surface area contributed by atoms with Gasteiger partial charge in [-0.15, -0.1) is 0 Å². The zero-order valence-electron chi connectivity index (χ0n) is 18.0. The van der Waals surface area contributed by atoms with E-state index in [1.54, 1.807) is 0 Å². The van der Waals surface area contributed by atoms with Crippen molar-refractivity contribution >= 4 is 38.2 Å². The molecule has 0 radical (unpaired) electrons. The topological polar surface area (TPSA) is 41.9 Å². The molecule has 4 aromatic carbocycles. The van der Waals surface area contributed by atoms with E-state index in [0.717, 1.165) is 32.6 Å². The number of carbonyl (C=O) groups excluding carboxylic acids is 1. The molecular formula is C28H21BrN2O2. The molecule has 0 spiro atoms. The van der Waals surface area contributed by atoms with Gasteiger partial charge >= 0.3 is 0 Å². The molecule has 0 aromatic heterocycles. The summed E-state index contributed by atoms with van der Waals surface area (Å²) in [5.41, 5.74) is 4.81. The standard InChI is InChI=1S/C28H21BrN2O2/c1-17-6-8-19(9-7-17)27(32)28-31-25(23-15-22(29)12-13-26(23)33-28)16-24(30-31)21-11-10-18-4-2-3-5-20(18)14-21/h2-15,25,28H,16H2,1H3/t25-,28+/m1/s1. The fraction of sp³-hybridized carbons (Fsp3) is 0.143. The van der Waals surface area contributed by atoms with Gasteiger partial charge in [-0.3, -0.25) is 4.79 Å². The Bertz CT molecular complexity index is 1430. The normalized spacial score (nSPS) is 19.0. The van der Waals surface area contributed by atoms with Crippen LogP contribution in [0, 0.1) is 6.92 Å². The second-order valence-electron chi connectivity index (χ2n) is 8.59. The Balaban J connectivity index is 1.43. The molecule has 0 N–H and O–H groups in total. The highest BCUT2D eigenvalue weighted by atomic mass is 79.9. The van der Waals surface area contributed by atoms with E-state index in [0.29, 0.717) is 12.0 Å². The zero-order chi connectivity index (χ0) is 22.5. The maximum Gasteiger partial charge on any atom is 0.251 e. The Morgan fingerprint density at radius 3 is 2.58 bits per heavy atom. The van der Waals surface area contributed by atoms with Crippen LogP contribution in [-0.2, 0) is 0 Å². The van der Waals surface area contributed by atoms with Crippen LogP contribution in [0.4, 0.5) is 0 Å². The minimum atomic E-state index is -0.802. The van der Waals surface area contributed by atoms with Gasteiger partial charge in [-0.05, 0) is 47.5 Å². The molecule has 4 aromatic rings. The summed E-state index contributed by atoms with van der Waals surface area (Å²) in [6, 6.07) is 28.2. The average Bonchev–Trinajstić information content (AvgIpc) is 3.29. The lowest BCUT2D eigenvalue weighted by atomic mass is 9.95. The fourth-order valence-corrected chi connectivity index (χ4v) is 5.01. The molecule has 33 heavy (non-hydrogen) atoms. The Kier molecular flexibility index (Phi) is 4.80. The molecule has 162 valence electrons. The molecule has 2 heterocycles. The van der Waals surface area contributed by atoms with Crippen LogP contribution in [0.25, 0.3) is 10.8 Å². The van der Waals surface area contributed by atoms with Crippen LogP contribution in [0.5, 0.6) is 5.75 Å². The lowest BCUT2D eigenvalue weighted by molar-refractivity contribution is -0.00459. The van der Waals surface area contributed by atoms with Crippen LogP contribution < -0.4 is 4.74 Å². The van der Waals surface area contributed by atoms with Crippen LogP contribution in [0.1, 0.15) is 39.5 Å². The maximum absolute atomic E-state index is 13.5. The van der Waals surface area contributed by atoms with Crippen molar-refractivity contribution in [1.29, 1.82) is 0 Å². The van der Waals surface area contributed by atoms with E-state index >= 15 is 0 Å². The summed E-state index contributed by atoms with van der Waals surface area (Å²) in [5.74, 6) is 0.650. The number of carbonyl (C=O) groups is 1. The van der Waals surface area contributed by atoms with Gasteiger partial charge < -0.3 is 4.74 Å². The minimum Gasteiger partial charge on any atom is -0.461 e. The number of hydrogen-bond acceptors (Lipinski definition) is 4. The number of benzene rings is 4. The van der Waals surface area contributed by atoms with Crippen LogP contribution in [0.2, 0.25) is 0 Å². The Hall–Kier alpha value is -3.44. The van der Waals surface area contributed by atoms with Crippen molar-refractivity contribution in [3.8, 4) is 5.75 Å². The van der Waals surface area contributed by atoms with Crippen molar-refractivity contribution < 1.29 is 9.53 Å². The fourth-order valence-electron chi connectivity index (χ4n) is 4.63. The Labute approximate surface area is 200 Å². The predicted molar refractivity (Wildman–Crippen MR) is 134 cm³/mol. The van der Waals surface area contributed by atoms with Gasteiger partial charge in [-0.25, -0.2) is 5.01 Å². The van der Waals surface area contributed by atoms with Crippen molar-refractivity contribution in [2.45, 2.75) is 25.6 Å². The first-order valence-electron chi connectivity index (χ1n) is 11.0. The van der Waals surface area contributed by atoms with Crippen LogP contribution in [0.3, 0.4) is 0 Å². The van der Waals surface area contributed by atoms with Gasteiger partial charge in [0.25, 0.3) is 6.23 Å². The van der Waals surface area contributed by atoms with E-state index in [-0.39, 0.29) is 11.8 Å². The monoisotopic (exact) mass is 496 g/mol. The zero-order valence-corrected chi connectivity index (χ0v) is 19.6. The quantitative estimate of drug-likeness (QED) is 0.297. The number of hydrazone groups is 1. The van der Waals surface area contributed by atoms with Crippen LogP contribution in [0.15, 0.2) is 94.5 Å². The molecule has 2 aliphatic rings. The molecule has 4 nitrogen and oxygen atoms in total. The number of fused-ring (bicyclic) bond motifs is 4. The summed E-state index contributed by atoms with van der Waals surface area (Å²) in [6.07, 6.45) is -0.0904. The van der Waals surface area contributed by atoms with E-state index in [9.17, 15) is 4.79 Å². The van der Waals surface area contributed by atoms with Gasteiger partial charge in [0.2, 0.25) is 5.78 Å². The van der Waals surface area contributed by atoms with Crippen molar-refractivity contribution in [1.82, 2.24) is 5.01 Å². The molecule has 2 atom stereocenters. The van der Waals surface area contributed by atoms with E-state index in [1.807, 2.05) is 60.5 Å². The second-order valence-corrected chi connectivity index (χ2v) is 9.51. The van der Waals surface area contributed by atoms with Crippen LogP contribution in [-0.4, -0.2) is 22.7 Å². The number of ether oxygens (including phenoxy) is 1. The highest BCUT2D eigenvalue weighted by molar-refractivity contribution is 9.10. The van der Waals surface area contributed by atoms with Gasteiger partial charge in [0.05, 0.1) is 11.8 Å². The van der Waals surface area contributed by atoms with E-state index in [2.05, 4.69) is 52.3 Å². The molecule has 0 fully saturated rings. The predicted octanol–water partition coefficient (Wildman–Crippen LogP) is 6.66. The lowest BCUT2D eigenvalue weighted by Crippen LogP contribution is -2.45. The number of nitrogens with zero attached hydrogens (tertiary/aromatic N) is 2. The summed E-state index contributed by atoms with van der Waals surface area (Å²) in [4.78, 5) is 13.5. The van der Waals surface area contributed by atoms with E-state index in [1.165, 1.54) is 10.8 Å². The number of halogens is 1. The molecule has 6 rings (SSSR count). The van der Waals surface area contributed by atoms with Gasteiger partial charge in [0.1, 0.15) is 5.75 Å². The third-order valence-corrected chi connectivity index (χ3v) is 6.89. The van der Waals surface area contributed by atoms with E-state index < -0.39 is 6.23 Å². The summed E-state index contributed by atoms with van der Waals surface area (Å²) >= 11 is 3.58. The number of Topliss-reactive ketones (excluding diaryl/α,β-unsaturated/α-hetero) is 1. The van der Waals surface area contributed by atoms with Crippen molar-refractivity contribution in [2.75, 3.05) is 0 Å². The first-order valence-corrected chi connectivity index (χ1v) is 11.8. The van der Waals surface area contributed by atoms with Crippen LogP contribution >= 0.6 is 15.9 Å². The first kappa shape index (κ1) is 20.2. The Morgan fingerprint density at radius 1 is 0.970 bits per heavy atom. The Morgan fingerprint density at radius 2 is 1.76 bits per heavy atom. The number of rotatable bonds is 3. The van der Waals surface area contributed by atoms with Crippen molar-refractivity contribution in [3.63, 3.8) is 0 Å². The molecule has 0 saturated carbocycles. The lowest BCUT2D eigenvalue weighted by Gasteiger charge is -2.37. The molecule has 0 amide bonds. The third-order valence-electron chi connectivity index (χ3n) is 6.39. The smallest absolute Gasteiger partial charge is 0.251 e. The number of ketones is 1. The van der Waals surface area contributed by atoms with Crippen molar-refractivity contribution in [3.05, 3.63) is 112 Å². The molecule has 0 saturated heterocycles. The number of aryl methyl sites for hydroxylation is 1. The molecule has 0 aliphatic carbocycles. The molecule has 2 aliphatic heterocycles. The average molecular weight is 497 g/mol. The minimum absolute atomic E-state index is 0.0629. The van der Waals surface area contributed by atoms with Gasteiger partial charge in [-0.2, -0.15) is 5.10 Å². The van der Waals surface area contributed by atoms with Gasteiger partial charge in [0, 0.05) is 22.0 Å². The summed E-state index contributed by atoms with van der Waals surface area (Å²) in [5, 5.41) is 9.17.